The Morgan fingerprint density at radius 3 is 2.61 bits per heavy atom. The number of amides is 1. The van der Waals surface area contributed by atoms with Gasteiger partial charge in [0.2, 0.25) is 5.91 Å². The first-order valence-electron chi connectivity index (χ1n) is 10.8. The molecule has 0 radical (unpaired) electrons. The summed E-state index contributed by atoms with van der Waals surface area (Å²) in [6.07, 6.45) is 3.50. The number of benzene rings is 2. The van der Waals surface area contributed by atoms with Crippen LogP contribution in [0.25, 0.3) is 0 Å². The number of aryl methyl sites for hydroxylation is 1. The first kappa shape index (κ1) is 20.8. The number of hydrogen-bond acceptors (Lipinski definition) is 4. The zero-order valence-electron chi connectivity index (χ0n) is 17.8. The molecule has 1 atom stereocenters. The minimum Gasteiger partial charge on any atom is -0.369 e. The van der Waals surface area contributed by atoms with Gasteiger partial charge in [-0.05, 0) is 30.9 Å². The van der Waals surface area contributed by atoms with Gasteiger partial charge in [0.1, 0.15) is 0 Å². The van der Waals surface area contributed by atoms with E-state index in [0.29, 0.717) is 19.6 Å². The third-order valence-corrected chi connectivity index (χ3v) is 5.77. The van der Waals surface area contributed by atoms with Crippen molar-refractivity contribution in [3.63, 3.8) is 0 Å². The maximum atomic E-state index is 12.7. The molecule has 0 saturated carbocycles. The second kappa shape index (κ2) is 9.60. The van der Waals surface area contributed by atoms with Crippen LogP contribution >= 0.6 is 0 Å². The van der Waals surface area contributed by atoms with Gasteiger partial charge in [0.05, 0.1) is 24.3 Å². The Labute approximate surface area is 182 Å². The van der Waals surface area contributed by atoms with Crippen LogP contribution in [0.15, 0.2) is 71.7 Å². The van der Waals surface area contributed by atoms with Crippen molar-refractivity contribution in [3.8, 4) is 0 Å². The number of nitrogens with one attached hydrogen (secondary N) is 1. The van der Waals surface area contributed by atoms with Gasteiger partial charge < -0.3 is 10.2 Å². The molecule has 3 aromatic rings. The molecule has 4 rings (SSSR count). The SMILES string of the molecule is Cc1ccc(CNC(=O)[C@H]2CCCN(c3cnn(Cc4ccccc4)c(=O)c3)C2)cc1. The highest BCUT2D eigenvalue weighted by Crippen LogP contribution is 2.22. The quantitative estimate of drug-likeness (QED) is 0.670. The Morgan fingerprint density at radius 1 is 1.10 bits per heavy atom. The van der Waals surface area contributed by atoms with Crippen molar-refractivity contribution >= 4 is 11.6 Å². The van der Waals surface area contributed by atoms with E-state index in [9.17, 15) is 9.59 Å². The van der Waals surface area contributed by atoms with E-state index in [0.717, 1.165) is 36.2 Å². The Kier molecular flexibility index (Phi) is 6.46. The molecule has 1 saturated heterocycles. The number of hydrogen-bond donors (Lipinski definition) is 1. The maximum absolute atomic E-state index is 12.7. The fraction of sp³-hybridized carbons (Fsp3) is 0.320. The van der Waals surface area contributed by atoms with Gasteiger partial charge in [0, 0.05) is 25.7 Å². The molecule has 2 heterocycles. The molecule has 1 fully saturated rings. The molecule has 1 aliphatic rings. The number of piperidine rings is 1. The minimum atomic E-state index is -0.132. The summed E-state index contributed by atoms with van der Waals surface area (Å²) in [5.41, 5.74) is 3.99. The molecule has 6 nitrogen and oxygen atoms in total. The Bertz CT molecular complexity index is 1080. The average molecular weight is 417 g/mol. The number of aromatic nitrogens is 2. The lowest BCUT2D eigenvalue weighted by atomic mass is 9.96. The standard InChI is InChI=1S/C25H28N4O2/c1-19-9-11-20(12-10-19)15-26-25(31)22-8-5-13-28(18-22)23-14-24(30)29(27-16-23)17-21-6-3-2-4-7-21/h2-4,6-7,9-12,14,16,22H,5,8,13,15,17-18H2,1H3,(H,26,31)/t22-/m0/s1. The zero-order valence-corrected chi connectivity index (χ0v) is 17.8. The number of carbonyl (C=O) groups is 1. The monoisotopic (exact) mass is 416 g/mol. The molecule has 0 unspecified atom stereocenters. The topological polar surface area (TPSA) is 67.2 Å². The fourth-order valence-electron chi connectivity index (χ4n) is 3.94. The molecule has 0 aliphatic carbocycles. The van der Waals surface area contributed by atoms with Gasteiger partial charge in [-0.1, -0.05) is 60.2 Å². The van der Waals surface area contributed by atoms with Crippen LogP contribution in [0.5, 0.6) is 0 Å². The van der Waals surface area contributed by atoms with Crippen LogP contribution in [0.3, 0.4) is 0 Å². The van der Waals surface area contributed by atoms with Crippen molar-refractivity contribution in [1.82, 2.24) is 15.1 Å². The first-order valence-corrected chi connectivity index (χ1v) is 10.8. The summed E-state index contributed by atoms with van der Waals surface area (Å²) in [5, 5.41) is 7.42. The molecular formula is C25H28N4O2. The smallest absolute Gasteiger partial charge is 0.269 e. The Morgan fingerprint density at radius 2 is 1.87 bits per heavy atom. The second-order valence-electron chi connectivity index (χ2n) is 8.18. The number of rotatable bonds is 6. The third-order valence-electron chi connectivity index (χ3n) is 5.77. The molecule has 1 N–H and O–H groups in total. The molecule has 2 aromatic carbocycles. The second-order valence-corrected chi connectivity index (χ2v) is 8.18. The van der Waals surface area contributed by atoms with Crippen LogP contribution < -0.4 is 15.8 Å². The number of nitrogens with zero attached hydrogens (tertiary/aromatic N) is 3. The van der Waals surface area contributed by atoms with Gasteiger partial charge >= 0.3 is 0 Å². The first-order chi connectivity index (χ1) is 15.1. The van der Waals surface area contributed by atoms with Crippen LogP contribution in [0.1, 0.15) is 29.5 Å². The van der Waals surface area contributed by atoms with Crippen LogP contribution in [0.4, 0.5) is 5.69 Å². The van der Waals surface area contributed by atoms with Crippen molar-refractivity contribution < 1.29 is 4.79 Å². The predicted molar refractivity (Wildman–Crippen MR) is 122 cm³/mol. The lowest BCUT2D eigenvalue weighted by molar-refractivity contribution is -0.125. The molecule has 0 spiro atoms. The van der Waals surface area contributed by atoms with Gasteiger partial charge in [0.25, 0.3) is 5.56 Å². The summed E-state index contributed by atoms with van der Waals surface area (Å²) >= 11 is 0. The van der Waals surface area contributed by atoms with Crippen LogP contribution in [-0.4, -0.2) is 28.8 Å². The summed E-state index contributed by atoms with van der Waals surface area (Å²) in [7, 11) is 0. The van der Waals surface area contributed by atoms with Crippen molar-refractivity contribution in [2.45, 2.75) is 32.9 Å². The van der Waals surface area contributed by atoms with E-state index in [4.69, 9.17) is 0 Å². The van der Waals surface area contributed by atoms with E-state index in [1.807, 2.05) is 49.4 Å². The highest BCUT2D eigenvalue weighted by atomic mass is 16.2. The molecule has 6 heteroatoms. The zero-order chi connectivity index (χ0) is 21.6. The summed E-state index contributed by atoms with van der Waals surface area (Å²) in [6, 6.07) is 19.6. The molecule has 1 aliphatic heterocycles. The summed E-state index contributed by atoms with van der Waals surface area (Å²) in [5.74, 6) is -0.0263. The van der Waals surface area contributed by atoms with E-state index in [2.05, 4.69) is 27.4 Å². The molecule has 31 heavy (non-hydrogen) atoms. The van der Waals surface area contributed by atoms with Crippen molar-refractivity contribution in [3.05, 3.63) is 93.9 Å². The highest BCUT2D eigenvalue weighted by molar-refractivity contribution is 5.79. The van der Waals surface area contributed by atoms with E-state index < -0.39 is 0 Å². The Balaban J connectivity index is 1.37. The van der Waals surface area contributed by atoms with E-state index in [-0.39, 0.29) is 17.4 Å². The third kappa shape index (κ3) is 5.40. The highest BCUT2D eigenvalue weighted by Gasteiger charge is 2.26. The van der Waals surface area contributed by atoms with Crippen molar-refractivity contribution in [1.29, 1.82) is 0 Å². The van der Waals surface area contributed by atoms with Crippen LogP contribution in [0, 0.1) is 12.8 Å². The van der Waals surface area contributed by atoms with Crippen molar-refractivity contribution in [2.24, 2.45) is 5.92 Å². The Hall–Kier alpha value is -3.41. The summed E-state index contributed by atoms with van der Waals surface area (Å²) in [6.45, 7) is 4.46. The fourth-order valence-corrected chi connectivity index (χ4v) is 3.94. The largest absolute Gasteiger partial charge is 0.369 e. The van der Waals surface area contributed by atoms with Crippen LogP contribution in [0.2, 0.25) is 0 Å². The molecule has 1 aromatic heterocycles. The summed E-state index contributed by atoms with van der Waals surface area (Å²) in [4.78, 5) is 27.4. The molecule has 0 bridgehead atoms. The van der Waals surface area contributed by atoms with Gasteiger partial charge in [-0.3, -0.25) is 9.59 Å². The van der Waals surface area contributed by atoms with Crippen LogP contribution in [-0.2, 0) is 17.9 Å². The molecule has 1 amide bonds. The van der Waals surface area contributed by atoms with E-state index >= 15 is 0 Å². The van der Waals surface area contributed by atoms with Gasteiger partial charge in [0.15, 0.2) is 0 Å². The lowest BCUT2D eigenvalue weighted by Crippen LogP contribution is -2.43. The van der Waals surface area contributed by atoms with Gasteiger partial charge in [-0.2, -0.15) is 5.10 Å². The van der Waals surface area contributed by atoms with E-state index in [1.165, 1.54) is 10.2 Å². The molecule has 160 valence electrons. The summed E-state index contributed by atoms with van der Waals surface area (Å²) < 4.78 is 1.47. The molecular weight excluding hydrogens is 388 g/mol. The van der Waals surface area contributed by atoms with Gasteiger partial charge in [-0.25, -0.2) is 4.68 Å². The maximum Gasteiger partial charge on any atom is 0.269 e. The number of carbonyl (C=O) groups excluding carboxylic acids is 1. The number of anilines is 1. The van der Waals surface area contributed by atoms with Crippen molar-refractivity contribution in [2.75, 3.05) is 18.0 Å². The van der Waals surface area contributed by atoms with E-state index in [1.54, 1.807) is 12.3 Å². The minimum absolute atomic E-state index is 0.0654. The average Bonchev–Trinajstić information content (AvgIpc) is 2.80. The van der Waals surface area contributed by atoms with Gasteiger partial charge in [-0.15, -0.1) is 0 Å². The lowest BCUT2D eigenvalue weighted by Gasteiger charge is -2.33. The predicted octanol–water partition coefficient (Wildman–Crippen LogP) is 3.13. The normalized spacial score (nSPS) is 16.2.